The highest BCUT2D eigenvalue weighted by atomic mass is 32.1. The van der Waals surface area contributed by atoms with Gasteiger partial charge in [-0.3, -0.25) is 0 Å². The van der Waals surface area contributed by atoms with Gasteiger partial charge in [-0.25, -0.2) is 4.79 Å². The van der Waals surface area contributed by atoms with Crippen molar-refractivity contribution in [3.05, 3.63) is 82.2 Å². The predicted molar refractivity (Wildman–Crippen MR) is 126 cm³/mol. The molecule has 156 valence electrons. The molecule has 2 N–H and O–H groups in total. The lowest BCUT2D eigenvalue weighted by atomic mass is 10.1. The molecule has 0 fully saturated rings. The Hall–Kier alpha value is -2.90. The van der Waals surface area contributed by atoms with Gasteiger partial charge in [-0.2, -0.15) is 0 Å². The van der Waals surface area contributed by atoms with Crippen LogP contribution in [0.25, 0.3) is 0 Å². The van der Waals surface area contributed by atoms with Crippen LogP contribution in [0.15, 0.2) is 60.7 Å². The van der Waals surface area contributed by atoms with Crippen molar-refractivity contribution >= 4 is 39.6 Å². The van der Waals surface area contributed by atoms with E-state index in [1.54, 1.807) is 14.0 Å². The number of benzene rings is 2. The number of ether oxygens (including phenoxy) is 2. The molecule has 0 atom stereocenters. The SMILES string of the molecule is CCOC(=O)c1cc(Cc2ccccc2)sc1NC(=S)NCc1ccccc1OC. The van der Waals surface area contributed by atoms with Crippen molar-refractivity contribution in [2.45, 2.75) is 19.9 Å². The molecule has 0 aliphatic carbocycles. The second kappa shape index (κ2) is 10.8. The average molecular weight is 441 g/mol. The molecule has 30 heavy (non-hydrogen) atoms. The predicted octanol–water partition coefficient (Wildman–Crippen LogP) is 5.01. The molecule has 3 aromatic rings. The number of thiocarbonyl (C=S) groups is 1. The fraction of sp³-hybridized carbons (Fsp3) is 0.217. The summed E-state index contributed by atoms with van der Waals surface area (Å²) in [6.07, 6.45) is 0.737. The van der Waals surface area contributed by atoms with E-state index in [0.29, 0.717) is 28.8 Å². The van der Waals surface area contributed by atoms with Crippen LogP contribution in [0.2, 0.25) is 0 Å². The van der Waals surface area contributed by atoms with Gasteiger partial charge < -0.3 is 20.1 Å². The van der Waals surface area contributed by atoms with E-state index in [1.165, 1.54) is 16.9 Å². The monoisotopic (exact) mass is 440 g/mol. The summed E-state index contributed by atoms with van der Waals surface area (Å²) >= 11 is 6.96. The van der Waals surface area contributed by atoms with Crippen molar-refractivity contribution in [3.63, 3.8) is 0 Å². The lowest BCUT2D eigenvalue weighted by Crippen LogP contribution is -2.28. The van der Waals surface area contributed by atoms with Gasteiger partial charge in [-0.15, -0.1) is 11.3 Å². The van der Waals surface area contributed by atoms with Crippen LogP contribution in [0.4, 0.5) is 5.00 Å². The fourth-order valence-electron chi connectivity index (χ4n) is 2.95. The van der Waals surface area contributed by atoms with E-state index >= 15 is 0 Å². The van der Waals surface area contributed by atoms with Gasteiger partial charge in [0.2, 0.25) is 0 Å². The maximum atomic E-state index is 12.4. The van der Waals surface area contributed by atoms with E-state index in [4.69, 9.17) is 21.7 Å². The zero-order valence-electron chi connectivity index (χ0n) is 16.9. The average Bonchev–Trinajstić information content (AvgIpc) is 3.15. The Bertz CT molecular complexity index is 1000. The molecule has 7 heteroatoms. The number of methoxy groups -OCH3 is 1. The second-order valence-corrected chi connectivity index (χ2v) is 8.00. The quantitative estimate of drug-likeness (QED) is 0.379. The van der Waals surface area contributed by atoms with E-state index in [1.807, 2.05) is 48.5 Å². The number of anilines is 1. The van der Waals surface area contributed by atoms with Gasteiger partial charge in [0.25, 0.3) is 0 Å². The van der Waals surface area contributed by atoms with Gasteiger partial charge in [0, 0.05) is 23.4 Å². The van der Waals surface area contributed by atoms with Gasteiger partial charge >= 0.3 is 5.97 Å². The van der Waals surface area contributed by atoms with Gasteiger partial charge in [-0.05, 0) is 36.8 Å². The Kier molecular flexibility index (Phi) is 7.82. The summed E-state index contributed by atoms with van der Waals surface area (Å²) in [5.41, 5.74) is 2.66. The third-order valence-corrected chi connectivity index (χ3v) is 5.66. The molecule has 0 aliphatic rings. The summed E-state index contributed by atoms with van der Waals surface area (Å²) < 4.78 is 10.6. The molecule has 1 heterocycles. The molecule has 0 spiro atoms. The Morgan fingerprint density at radius 2 is 1.83 bits per heavy atom. The standard InChI is InChI=1S/C23H24N2O3S2/c1-3-28-22(26)19-14-18(13-16-9-5-4-6-10-16)30-21(19)25-23(29)24-15-17-11-7-8-12-20(17)27-2/h4-12,14H,3,13,15H2,1-2H3,(H2,24,25,29). The van der Waals surface area contributed by atoms with Gasteiger partial charge in [-0.1, -0.05) is 48.5 Å². The topological polar surface area (TPSA) is 59.6 Å². The first-order valence-electron chi connectivity index (χ1n) is 9.61. The zero-order valence-corrected chi connectivity index (χ0v) is 18.6. The number of rotatable bonds is 8. The summed E-state index contributed by atoms with van der Waals surface area (Å²) in [6.45, 7) is 2.62. The first-order valence-corrected chi connectivity index (χ1v) is 10.8. The molecule has 3 rings (SSSR count). The normalized spacial score (nSPS) is 10.3. The van der Waals surface area contributed by atoms with Crippen LogP contribution in [-0.4, -0.2) is 24.8 Å². The van der Waals surface area contributed by atoms with Crippen molar-refractivity contribution in [1.29, 1.82) is 0 Å². The third-order valence-electron chi connectivity index (χ3n) is 4.36. The van der Waals surface area contributed by atoms with Gasteiger partial charge in [0.05, 0.1) is 19.3 Å². The third kappa shape index (κ3) is 5.81. The number of para-hydroxylation sites is 1. The molecule has 0 amide bonds. The molecule has 5 nitrogen and oxygen atoms in total. The van der Waals surface area contributed by atoms with E-state index in [-0.39, 0.29) is 5.97 Å². The molecule has 0 radical (unpaired) electrons. The molecule has 0 saturated heterocycles. The zero-order chi connectivity index (χ0) is 21.3. The van der Waals surface area contributed by atoms with E-state index < -0.39 is 0 Å². The van der Waals surface area contributed by atoms with Crippen molar-refractivity contribution in [2.24, 2.45) is 0 Å². The van der Waals surface area contributed by atoms with Gasteiger partial charge in [0.15, 0.2) is 5.11 Å². The fourth-order valence-corrected chi connectivity index (χ4v) is 4.27. The molecule has 0 saturated carbocycles. The van der Waals surface area contributed by atoms with Crippen LogP contribution < -0.4 is 15.4 Å². The lowest BCUT2D eigenvalue weighted by molar-refractivity contribution is 0.0528. The van der Waals surface area contributed by atoms with Crippen LogP contribution in [0.5, 0.6) is 5.75 Å². The lowest BCUT2D eigenvalue weighted by Gasteiger charge is -2.12. The first kappa shape index (κ1) is 21.8. The number of hydrogen-bond donors (Lipinski definition) is 2. The smallest absolute Gasteiger partial charge is 0.341 e. The van der Waals surface area contributed by atoms with Crippen LogP contribution in [-0.2, 0) is 17.7 Å². The number of carbonyl (C=O) groups excluding carboxylic acids is 1. The molecule has 0 aliphatic heterocycles. The minimum atomic E-state index is -0.358. The number of thiophene rings is 1. The minimum Gasteiger partial charge on any atom is -0.496 e. The molecule has 2 aromatic carbocycles. The van der Waals surface area contributed by atoms with Crippen molar-refractivity contribution < 1.29 is 14.3 Å². The Labute approximate surface area is 186 Å². The highest BCUT2D eigenvalue weighted by molar-refractivity contribution is 7.80. The van der Waals surface area contributed by atoms with E-state index in [2.05, 4.69) is 22.8 Å². The summed E-state index contributed by atoms with van der Waals surface area (Å²) in [6, 6.07) is 19.8. The number of esters is 1. The van der Waals surface area contributed by atoms with Crippen molar-refractivity contribution in [3.8, 4) is 5.75 Å². The summed E-state index contributed by atoms with van der Waals surface area (Å²) in [4.78, 5) is 13.5. The maximum Gasteiger partial charge on any atom is 0.341 e. The molecule has 0 bridgehead atoms. The van der Waals surface area contributed by atoms with Crippen LogP contribution in [0, 0.1) is 0 Å². The van der Waals surface area contributed by atoms with E-state index in [9.17, 15) is 4.79 Å². The summed E-state index contributed by atoms with van der Waals surface area (Å²) in [5, 5.41) is 7.44. The number of carbonyl (C=O) groups is 1. The summed E-state index contributed by atoms with van der Waals surface area (Å²) in [5.74, 6) is 0.435. The molecular formula is C23H24N2O3S2. The summed E-state index contributed by atoms with van der Waals surface area (Å²) in [7, 11) is 1.64. The first-order chi connectivity index (χ1) is 14.6. The minimum absolute atomic E-state index is 0.318. The largest absolute Gasteiger partial charge is 0.496 e. The molecule has 1 aromatic heterocycles. The number of hydrogen-bond acceptors (Lipinski definition) is 5. The van der Waals surface area contributed by atoms with Crippen LogP contribution in [0.3, 0.4) is 0 Å². The molecule has 0 unspecified atom stereocenters. The Balaban J connectivity index is 1.72. The maximum absolute atomic E-state index is 12.4. The van der Waals surface area contributed by atoms with Crippen molar-refractivity contribution in [1.82, 2.24) is 5.32 Å². The molecular weight excluding hydrogens is 416 g/mol. The van der Waals surface area contributed by atoms with Crippen molar-refractivity contribution in [2.75, 3.05) is 19.0 Å². The van der Waals surface area contributed by atoms with E-state index in [0.717, 1.165) is 22.6 Å². The highest BCUT2D eigenvalue weighted by Gasteiger charge is 2.18. The Morgan fingerprint density at radius 3 is 2.57 bits per heavy atom. The number of nitrogens with one attached hydrogen (secondary N) is 2. The Morgan fingerprint density at radius 1 is 1.10 bits per heavy atom. The van der Waals surface area contributed by atoms with Gasteiger partial charge in [0.1, 0.15) is 10.8 Å². The second-order valence-electron chi connectivity index (χ2n) is 6.46. The highest BCUT2D eigenvalue weighted by Crippen LogP contribution is 2.30. The van der Waals surface area contributed by atoms with Crippen LogP contribution >= 0.6 is 23.6 Å². The van der Waals surface area contributed by atoms with Crippen LogP contribution in [0.1, 0.15) is 33.3 Å².